The van der Waals surface area contributed by atoms with E-state index in [-0.39, 0.29) is 18.8 Å². The standard InChI is InChI=1S/C38H48FN11O8S/c1-18(2)14-25(44-35(56)27(19(3)4)45-31(52)23(40)17-41-34(55)28-26(39)33(54)47-37(58)46-28)32(53)43-24(15-20-10-7-6-8-11-20)29(51)36(57)42-22-13-9-12-21(16-22)30-48-49-38(59)50(30)5/h6-13,16,18-19,23-25,27,29,51H,14-15,17,40H2,1-5H3,(H,41,55)(H,42,57)(H,43,53)(H,44,56)(H,45,52)(H,49,59)(H2,46,47,54,58)/t23-,24-,25-,27-,29+/m0/s1. The van der Waals surface area contributed by atoms with Crippen molar-refractivity contribution in [3.63, 3.8) is 0 Å². The van der Waals surface area contributed by atoms with Gasteiger partial charge in [0.05, 0.1) is 6.04 Å². The molecule has 0 saturated carbocycles. The zero-order chi connectivity index (χ0) is 43.6. The summed E-state index contributed by atoms with van der Waals surface area (Å²) in [6, 6.07) is 10.6. The van der Waals surface area contributed by atoms with Crippen molar-refractivity contribution in [2.24, 2.45) is 24.6 Å². The molecule has 4 aromatic rings. The molecule has 0 unspecified atom stereocenters. The quantitative estimate of drug-likeness (QED) is 0.0601. The Morgan fingerprint density at radius 1 is 0.915 bits per heavy atom. The zero-order valence-electron chi connectivity index (χ0n) is 32.9. The molecule has 2 heterocycles. The fourth-order valence-corrected chi connectivity index (χ4v) is 6.04. The second kappa shape index (κ2) is 20.4. The predicted molar refractivity (Wildman–Crippen MR) is 217 cm³/mol. The van der Waals surface area contributed by atoms with Crippen molar-refractivity contribution in [3.8, 4) is 11.4 Å². The molecule has 0 bridgehead atoms. The lowest BCUT2D eigenvalue weighted by Gasteiger charge is -2.29. The summed E-state index contributed by atoms with van der Waals surface area (Å²) in [5.41, 5.74) is 4.12. The van der Waals surface area contributed by atoms with Gasteiger partial charge in [-0.25, -0.2) is 4.79 Å². The van der Waals surface area contributed by atoms with Crippen molar-refractivity contribution in [3.05, 3.63) is 97.3 Å². The third-order valence-electron chi connectivity index (χ3n) is 9.06. The Labute approximate surface area is 342 Å². The van der Waals surface area contributed by atoms with Gasteiger partial charge in [-0.1, -0.05) is 70.2 Å². The Balaban J connectivity index is 1.47. The van der Waals surface area contributed by atoms with E-state index in [9.17, 15) is 43.1 Å². The molecule has 2 aromatic carbocycles. The van der Waals surface area contributed by atoms with Gasteiger partial charge >= 0.3 is 5.69 Å². The molecule has 5 atom stereocenters. The molecule has 5 amide bonds. The maximum absolute atomic E-state index is 14.1. The van der Waals surface area contributed by atoms with E-state index in [1.807, 2.05) is 18.8 Å². The van der Waals surface area contributed by atoms with Crippen LogP contribution in [0.5, 0.6) is 0 Å². The molecule has 4 rings (SSSR count). The number of anilines is 1. The number of H-pyrrole nitrogens is 3. The van der Waals surface area contributed by atoms with E-state index in [1.54, 1.807) is 85.0 Å². The molecule has 11 N–H and O–H groups in total. The van der Waals surface area contributed by atoms with E-state index in [0.29, 0.717) is 27.4 Å². The number of aliphatic hydroxyl groups excluding tert-OH is 1. The van der Waals surface area contributed by atoms with E-state index in [0.717, 1.165) is 0 Å². The molecule has 0 aliphatic rings. The largest absolute Gasteiger partial charge is 0.381 e. The maximum Gasteiger partial charge on any atom is 0.326 e. The van der Waals surface area contributed by atoms with Crippen molar-refractivity contribution in [2.75, 3.05) is 11.9 Å². The third-order valence-corrected chi connectivity index (χ3v) is 9.43. The van der Waals surface area contributed by atoms with E-state index in [2.05, 4.69) is 36.8 Å². The van der Waals surface area contributed by atoms with Crippen LogP contribution in [0.1, 0.15) is 50.2 Å². The second-order valence-corrected chi connectivity index (χ2v) is 15.0. The number of carbonyl (C=O) groups excluding carboxylic acids is 5. The molecule has 316 valence electrons. The molecular weight excluding hydrogens is 790 g/mol. The number of amides is 5. The average Bonchev–Trinajstić information content (AvgIpc) is 3.53. The van der Waals surface area contributed by atoms with Crippen LogP contribution in [0.3, 0.4) is 0 Å². The fraction of sp³-hybridized carbons (Fsp3) is 0.395. The molecule has 0 radical (unpaired) electrons. The summed E-state index contributed by atoms with van der Waals surface area (Å²) in [6.45, 7) is 6.34. The first-order valence-corrected chi connectivity index (χ1v) is 19.0. The van der Waals surface area contributed by atoms with Gasteiger partial charge in [0.1, 0.15) is 23.8 Å². The molecule has 19 nitrogen and oxygen atoms in total. The van der Waals surface area contributed by atoms with Gasteiger partial charge in [-0.05, 0) is 54.6 Å². The lowest BCUT2D eigenvalue weighted by atomic mass is 9.97. The summed E-state index contributed by atoms with van der Waals surface area (Å²) in [7, 11) is 1.73. The third kappa shape index (κ3) is 12.3. The zero-order valence-corrected chi connectivity index (χ0v) is 33.7. The van der Waals surface area contributed by atoms with Crippen molar-refractivity contribution in [2.45, 2.75) is 70.8 Å². The van der Waals surface area contributed by atoms with Crippen LogP contribution in [0.15, 0.2) is 64.2 Å². The number of aromatic amines is 3. The van der Waals surface area contributed by atoms with Crippen LogP contribution in [0.4, 0.5) is 10.1 Å². The number of rotatable bonds is 18. The summed E-state index contributed by atoms with van der Waals surface area (Å²) in [4.78, 5) is 93.2. The van der Waals surface area contributed by atoms with Crippen LogP contribution in [0, 0.1) is 22.4 Å². The summed E-state index contributed by atoms with van der Waals surface area (Å²) < 4.78 is 16.2. The highest BCUT2D eigenvalue weighted by Gasteiger charge is 2.34. The van der Waals surface area contributed by atoms with Gasteiger partial charge in [0.15, 0.2) is 16.7 Å². The summed E-state index contributed by atoms with van der Waals surface area (Å²) >= 11 is 5.21. The van der Waals surface area contributed by atoms with Gasteiger partial charge in [0, 0.05) is 24.8 Å². The predicted octanol–water partition coefficient (Wildman–Crippen LogP) is 0.116. The minimum Gasteiger partial charge on any atom is -0.381 e. The number of nitrogens with one attached hydrogen (secondary N) is 8. The van der Waals surface area contributed by atoms with Crippen molar-refractivity contribution in [1.29, 1.82) is 0 Å². The number of nitrogens with zero attached hydrogens (tertiary/aromatic N) is 2. The molecule has 21 heteroatoms. The fourth-order valence-electron chi connectivity index (χ4n) is 5.90. The topological polar surface area (TPSA) is 291 Å². The first-order chi connectivity index (χ1) is 27.9. The van der Waals surface area contributed by atoms with E-state index in [4.69, 9.17) is 18.0 Å². The Bertz CT molecular complexity index is 2330. The number of nitrogens with two attached hydrogens (primary N) is 1. The van der Waals surface area contributed by atoms with E-state index >= 15 is 0 Å². The van der Waals surface area contributed by atoms with Gasteiger partial charge < -0.3 is 47.0 Å². The van der Waals surface area contributed by atoms with Gasteiger partial charge in [-0.15, -0.1) is 0 Å². The van der Waals surface area contributed by atoms with Crippen LogP contribution >= 0.6 is 12.2 Å². The number of hydrogen-bond donors (Lipinski definition) is 10. The maximum atomic E-state index is 14.1. The molecule has 0 saturated heterocycles. The van der Waals surface area contributed by atoms with Crippen LogP contribution in [0.25, 0.3) is 11.4 Å². The number of carbonyl (C=O) groups is 5. The number of benzene rings is 2. The first kappa shape index (κ1) is 45.4. The van der Waals surface area contributed by atoms with Crippen LogP contribution in [0.2, 0.25) is 0 Å². The molecule has 0 spiro atoms. The van der Waals surface area contributed by atoms with Gasteiger partial charge in [-0.2, -0.15) is 9.49 Å². The number of halogens is 1. The highest BCUT2D eigenvalue weighted by Crippen LogP contribution is 2.21. The van der Waals surface area contributed by atoms with Crippen molar-refractivity contribution < 1.29 is 33.5 Å². The molecule has 0 fully saturated rings. The number of aliphatic hydroxyl groups is 1. The second-order valence-electron chi connectivity index (χ2n) is 14.6. The van der Waals surface area contributed by atoms with Crippen LogP contribution in [-0.4, -0.2) is 96.2 Å². The Hall–Kier alpha value is -6.32. The normalized spacial score (nSPS) is 13.8. The molecule has 59 heavy (non-hydrogen) atoms. The first-order valence-electron chi connectivity index (χ1n) is 18.6. The lowest BCUT2D eigenvalue weighted by molar-refractivity contribution is -0.134. The minimum absolute atomic E-state index is 0.0386. The Morgan fingerprint density at radius 3 is 2.24 bits per heavy atom. The lowest BCUT2D eigenvalue weighted by Crippen LogP contribution is -2.60. The highest BCUT2D eigenvalue weighted by molar-refractivity contribution is 7.71. The molecule has 2 aromatic heterocycles. The highest BCUT2D eigenvalue weighted by atomic mass is 32.1. The molecule has 0 aliphatic heterocycles. The van der Waals surface area contributed by atoms with Gasteiger partial charge in [0.2, 0.25) is 23.5 Å². The molecule has 0 aliphatic carbocycles. The van der Waals surface area contributed by atoms with Gasteiger partial charge in [0.25, 0.3) is 17.4 Å². The van der Waals surface area contributed by atoms with Crippen LogP contribution in [-0.2, 0) is 32.6 Å². The van der Waals surface area contributed by atoms with Crippen LogP contribution < -0.4 is 43.6 Å². The van der Waals surface area contributed by atoms with E-state index in [1.165, 1.54) is 0 Å². The Morgan fingerprint density at radius 2 is 1.61 bits per heavy atom. The van der Waals surface area contributed by atoms with Crippen molar-refractivity contribution in [1.82, 2.24) is 46.0 Å². The average molecular weight is 838 g/mol. The Kier molecular flexibility index (Phi) is 15.7. The number of aromatic nitrogens is 5. The summed E-state index contributed by atoms with van der Waals surface area (Å²) in [5, 5.41) is 31.2. The summed E-state index contributed by atoms with van der Waals surface area (Å²) in [6.07, 6.45) is -1.59. The monoisotopic (exact) mass is 837 g/mol. The SMILES string of the molecule is CC(C)C[C@H](NC(=O)[C@@H](NC(=O)[C@@H](N)CNC(=O)c1[nH]c(=O)[nH]c(=O)c1F)C(C)C)C(=O)N[C@@H](Cc1ccccc1)[C@@H](O)C(=O)Nc1cccc(-c2n[nH]c(=S)n2C)c1. The minimum atomic E-state index is -1.76. The van der Waals surface area contributed by atoms with Crippen molar-refractivity contribution >= 4 is 47.4 Å². The van der Waals surface area contributed by atoms with Gasteiger partial charge in [-0.3, -0.25) is 38.8 Å². The summed E-state index contributed by atoms with van der Waals surface area (Å²) in [5.74, 6) is -6.07. The smallest absolute Gasteiger partial charge is 0.326 e. The molecular formula is C38H48FN11O8S. The number of hydrogen-bond acceptors (Lipinski definition) is 11. The van der Waals surface area contributed by atoms with E-state index < -0.39 is 95.0 Å².